The Morgan fingerprint density at radius 3 is 2.76 bits per heavy atom. The molecule has 0 bridgehead atoms. The predicted molar refractivity (Wildman–Crippen MR) is 64.4 cm³/mol. The quantitative estimate of drug-likeness (QED) is 0.851. The van der Waals surface area contributed by atoms with Crippen molar-refractivity contribution in [3.05, 3.63) is 29.6 Å². The number of hydrogen-bond acceptors (Lipinski definition) is 4. The summed E-state index contributed by atoms with van der Waals surface area (Å²) in [4.78, 5) is 4.26. The van der Waals surface area contributed by atoms with Crippen molar-refractivity contribution in [1.29, 1.82) is 0 Å². The second kappa shape index (κ2) is 4.67. The van der Waals surface area contributed by atoms with Crippen LogP contribution < -0.4 is 5.73 Å². The number of aromatic nitrogens is 5. The molecule has 6 heteroatoms. The van der Waals surface area contributed by atoms with Crippen molar-refractivity contribution in [2.24, 2.45) is 5.73 Å². The minimum Gasteiger partial charge on any atom is -0.326 e. The van der Waals surface area contributed by atoms with Gasteiger partial charge in [-0.3, -0.25) is 4.68 Å². The van der Waals surface area contributed by atoms with Gasteiger partial charge in [0.05, 0.1) is 5.69 Å². The van der Waals surface area contributed by atoms with Crippen molar-refractivity contribution in [2.45, 2.75) is 39.9 Å². The number of nitrogens with zero attached hydrogens (tertiary/aromatic N) is 5. The third kappa shape index (κ3) is 2.36. The maximum absolute atomic E-state index is 5.63. The third-order valence-electron chi connectivity index (χ3n) is 2.71. The Morgan fingerprint density at radius 2 is 2.18 bits per heavy atom. The molecule has 0 amide bonds. The van der Waals surface area contributed by atoms with Gasteiger partial charge in [-0.15, -0.1) is 0 Å². The van der Waals surface area contributed by atoms with Gasteiger partial charge in [-0.05, 0) is 20.8 Å². The molecule has 17 heavy (non-hydrogen) atoms. The first kappa shape index (κ1) is 11.8. The molecular weight excluding hydrogens is 216 g/mol. The van der Waals surface area contributed by atoms with Crippen LogP contribution in [0.25, 0.3) is 0 Å². The summed E-state index contributed by atoms with van der Waals surface area (Å²) in [5.74, 6) is 0.908. The van der Waals surface area contributed by atoms with Crippen molar-refractivity contribution in [3.8, 4) is 0 Å². The van der Waals surface area contributed by atoms with E-state index in [4.69, 9.17) is 5.73 Å². The zero-order valence-electron chi connectivity index (χ0n) is 10.5. The van der Waals surface area contributed by atoms with Crippen molar-refractivity contribution >= 4 is 0 Å². The molecule has 0 fully saturated rings. The molecule has 2 N–H and O–H groups in total. The molecule has 2 aromatic heterocycles. The van der Waals surface area contributed by atoms with E-state index in [1.54, 1.807) is 6.33 Å². The Bertz CT molecular complexity index is 496. The normalized spacial score (nSPS) is 11.4. The lowest BCUT2D eigenvalue weighted by Gasteiger charge is -2.08. The summed E-state index contributed by atoms with van der Waals surface area (Å²) in [7, 11) is 0. The predicted octanol–water partition coefficient (Wildman–Crippen LogP) is 0.871. The van der Waals surface area contributed by atoms with E-state index in [1.165, 1.54) is 0 Å². The molecule has 0 unspecified atom stereocenters. The second-order valence-corrected chi connectivity index (χ2v) is 4.36. The van der Waals surface area contributed by atoms with Gasteiger partial charge in [0.15, 0.2) is 0 Å². The molecule has 0 radical (unpaired) electrons. The third-order valence-corrected chi connectivity index (χ3v) is 2.71. The average Bonchev–Trinajstić information content (AvgIpc) is 2.85. The summed E-state index contributed by atoms with van der Waals surface area (Å²) in [5.41, 5.74) is 7.67. The van der Waals surface area contributed by atoms with Crippen LogP contribution in [0, 0.1) is 6.92 Å². The molecule has 0 atom stereocenters. The number of rotatable bonds is 4. The molecule has 6 nitrogen and oxygen atoms in total. The Hall–Kier alpha value is -1.69. The number of nitrogens with two attached hydrogens (primary N) is 1. The van der Waals surface area contributed by atoms with E-state index in [0.717, 1.165) is 17.1 Å². The Kier molecular flexibility index (Phi) is 3.23. The van der Waals surface area contributed by atoms with Crippen molar-refractivity contribution in [2.75, 3.05) is 0 Å². The summed E-state index contributed by atoms with van der Waals surface area (Å²) in [6.07, 6.45) is 3.55. The van der Waals surface area contributed by atoms with Gasteiger partial charge in [0.1, 0.15) is 18.7 Å². The summed E-state index contributed by atoms with van der Waals surface area (Å²) < 4.78 is 3.76. The lowest BCUT2D eigenvalue weighted by Crippen LogP contribution is -2.12. The number of aryl methyl sites for hydroxylation is 1. The van der Waals surface area contributed by atoms with E-state index in [9.17, 15) is 0 Å². The van der Waals surface area contributed by atoms with Crippen molar-refractivity contribution in [1.82, 2.24) is 24.5 Å². The topological polar surface area (TPSA) is 74.5 Å². The van der Waals surface area contributed by atoms with E-state index in [-0.39, 0.29) is 0 Å². The Balaban J connectivity index is 2.22. The van der Waals surface area contributed by atoms with Crippen LogP contribution in [0.1, 0.15) is 37.0 Å². The van der Waals surface area contributed by atoms with Gasteiger partial charge in [0.2, 0.25) is 0 Å². The standard InChI is InChI=1S/C11H18N6/c1-8(2)17-11(13-7-14-17)6-16-5-10(4-12)9(3)15-16/h5,7-8H,4,6,12H2,1-3H3. The molecule has 2 heterocycles. The molecule has 0 saturated carbocycles. The fraction of sp³-hybridized carbons (Fsp3) is 0.545. The van der Waals surface area contributed by atoms with Gasteiger partial charge < -0.3 is 5.73 Å². The molecule has 0 aliphatic rings. The summed E-state index contributed by atoms with van der Waals surface area (Å²) in [6.45, 7) is 7.27. The highest BCUT2D eigenvalue weighted by atomic mass is 15.4. The maximum atomic E-state index is 5.63. The van der Waals surface area contributed by atoms with Crippen LogP contribution in [0.2, 0.25) is 0 Å². The molecule has 0 aromatic carbocycles. The minimum absolute atomic E-state index is 0.304. The average molecular weight is 234 g/mol. The molecule has 0 saturated heterocycles. The van der Waals surface area contributed by atoms with Crippen LogP contribution in [0.5, 0.6) is 0 Å². The molecule has 0 aliphatic heterocycles. The van der Waals surface area contributed by atoms with Gasteiger partial charge >= 0.3 is 0 Å². The van der Waals surface area contributed by atoms with Crippen LogP contribution >= 0.6 is 0 Å². The zero-order chi connectivity index (χ0) is 12.4. The van der Waals surface area contributed by atoms with E-state index in [2.05, 4.69) is 29.0 Å². The second-order valence-electron chi connectivity index (χ2n) is 4.36. The SMILES string of the molecule is Cc1nn(Cc2ncnn2C(C)C)cc1CN. The highest BCUT2D eigenvalue weighted by Gasteiger charge is 2.10. The fourth-order valence-electron chi connectivity index (χ4n) is 1.80. The maximum Gasteiger partial charge on any atom is 0.148 e. The van der Waals surface area contributed by atoms with Crippen molar-refractivity contribution in [3.63, 3.8) is 0 Å². The summed E-state index contributed by atoms with van der Waals surface area (Å²) >= 11 is 0. The first-order chi connectivity index (χ1) is 8.11. The highest BCUT2D eigenvalue weighted by Crippen LogP contribution is 2.09. The Morgan fingerprint density at radius 1 is 1.41 bits per heavy atom. The highest BCUT2D eigenvalue weighted by molar-refractivity contribution is 5.15. The van der Waals surface area contributed by atoms with Gasteiger partial charge in [0.25, 0.3) is 0 Å². The molecule has 0 spiro atoms. The van der Waals surface area contributed by atoms with E-state index in [1.807, 2.05) is 22.5 Å². The van der Waals surface area contributed by atoms with E-state index < -0.39 is 0 Å². The van der Waals surface area contributed by atoms with E-state index in [0.29, 0.717) is 19.1 Å². The molecule has 92 valence electrons. The van der Waals surface area contributed by atoms with Crippen LogP contribution in [0.15, 0.2) is 12.5 Å². The molecule has 0 aliphatic carbocycles. The van der Waals surface area contributed by atoms with Crippen LogP contribution in [0.3, 0.4) is 0 Å². The zero-order valence-corrected chi connectivity index (χ0v) is 10.5. The summed E-state index contributed by atoms with van der Waals surface area (Å²) in [6, 6.07) is 0.304. The molecule has 2 aromatic rings. The van der Waals surface area contributed by atoms with Crippen molar-refractivity contribution < 1.29 is 0 Å². The van der Waals surface area contributed by atoms with Gasteiger partial charge in [-0.1, -0.05) is 0 Å². The summed E-state index contributed by atoms with van der Waals surface area (Å²) in [5, 5.41) is 8.61. The Labute approximate surface area is 100 Å². The minimum atomic E-state index is 0.304. The molecule has 2 rings (SSSR count). The molecular formula is C11H18N6. The van der Waals surface area contributed by atoms with E-state index >= 15 is 0 Å². The van der Waals surface area contributed by atoms with Gasteiger partial charge in [0, 0.05) is 24.3 Å². The first-order valence-corrected chi connectivity index (χ1v) is 5.73. The first-order valence-electron chi connectivity index (χ1n) is 5.73. The monoisotopic (exact) mass is 234 g/mol. The van der Waals surface area contributed by atoms with Crippen LogP contribution in [-0.2, 0) is 13.1 Å². The van der Waals surface area contributed by atoms with Gasteiger partial charge in [-0.2, -0.15) is 10.2 Å². The van der Waals surface area contributed by atoms with Crippen LogP contribution in [0.4, 0.5) is 0 Å². The van der Waals surface area contributed by atoms with Gasteiger partial charge in [-0.25, -0.2) is 9.67 Å². The smallest absolute Gasteiger partial charge is 0.148 e. The lowest BCUT2D eigenvalue weighted by molar-refractivity contribution is 0.487. The van der Waals surface area contributed by atoms with Crippen LogP contribution in [-0.4, -0.2) is 24.5 Å². The largest absolute Gasteiger partial charge is 0.326 e. The lowest BCUT2D eigenvalue weighted by atomic mass is 10.3. The number of hydrogen-bond donors (Lipinski definition) is 1. The fourth-order valence-corrected chi connectivity index (χ4v) is 1.80.